The minimum Gasteiger partial charge on any atom is -0.378 e. The van der Waals surface area contributed by atoms with E-state index in [-0.39, 0.29) is 24.0 Å². The molecule has 3 aliphatic rings. The van der Waals surface area contributed by atoms with Gasteiger partial charge in [-0.3, -0.25) is 9.67 Å². The number of aromatic nitrogens is 2. The second-order valence-electron chi connectivity index (χ2n) is 8.69. The van der Waals surface area contributed by atoms with E-state index in [0.29, 0.717) is 23.6 Å². The van der Waals surface area contributed by atoms with Crippen molar-refractivity contribution < 1.29 is 4.74 Å². The largest absolute Gasteiger partial charge is 0.378 e. The van der Waals surface area contributed by atoms with Crippen LogP contribution in [0.4, 0.5) is 5.69 Å². The minimum absolute atomic E-state index is 0. The fourth-order valence-corrected chi connectivity index (χ4v) is 5.52. The van der Waals surface area contributed by atoms with Crippen LogP contribution in [0.25, 0.3) is 0 Å². The lowest BCUT2D eigenvalue weighted by molar-refractivity contribution is -0.125. The number of aryl methyl sites for hydroxylation is 1. The van der Waals surface area contributed by atoms with Gasteiger partial charge in [0, 0.05) is 57.5 Å². The number of hydrogen-bond donors (Lipinski definition) is 2. The van der Waals surface area contributed by atoms with Crippen LogP contribution in [0.5, 0.6) is 0 Å². The summed E-state index contributed by atoms with van der Waals surface area (Å²) in [4.78, 5) is 6.98. The first-order valence-electron chi connectivity index (χ1n) is 11.0. The van der Waals surface area contributed by atoms with Crippen molar-refractivity contribution in [3.05, 3.63) is 12.4 Å². The van der Waals surface area contributed by atoms with Crippen LogP contribution in [0.3, 0.4) is 0 Å². The van der Waals surface area contributed by atoms with E-state index in [0.717, 1.165) is 32.1 Å². The maximum atomic E-state index is 6.06. The van der Waals surface area contributed by atoms with Gasteiger partial charge < -0.3 is 20.3 Å². The number of rotatable bonds is 5. The monoisotopic (exact) mass is 516 g/mol. The molecule has 2 saturated carbocycles. The van der Waals surface area contributed by atoms with Gasteiger partial charge in [0.2, 0.25) is 0 Å². The van der Waals surface area contributed by atoms with E-state index in [4.69, 9.17) is 4.74 Å². The van der Waals surface area contributed by atoms with Crippen LogP contribution in [0, 0.1) is 5.41 Å². The van der Waals surface area contributed by atoms with Crippen molar-refractivity contribution in [2.24, 2.45) is 17.5 Å². The third-order valence-electron chi connectivity index (χ3n) is 7.04. The number of halogens is 1. The van der Waals surface area contributed by atoms with Crippen LogP contribution in [0.15, 0.2) is 17.4 Å². The van der Waals surface area contributed by atoms with Crippen LogP contribution >= 0.6 is 24.0 Å². The normalized spacial score (nSPS) is 28.7. The van der Waals surface area contributed by atoms with Gasteiger partial charge >= 0.3 is 0 Å². The average Bonchev–Trinajstić information content (AvgIpc) is 3.37. The predicted octanol–water partition coefficient (Wildman–Crippen LogP) is 2.91. The van der Waals surface area contributed by atoms with Gasteiger partial charge in [0.25, 0.3) is 0 Å². The molecular formula is C21H37IN6O. The molecular weight excluding hydrogens is 479 g/mol. The molecule has 8 heteroatoms. The number of ether oxygens (including phenoxy) is 1. The van der Waals surface area contributed by atoms with E-state index in [1.165, 1.54) is 44.2 Å². The number of guanidine groups is 1. The van der Waals surface area contributed by atoms with Crippen molar-refractivity contribution in [2.45, 2.75) is 70.1 Å². The molecule has 1 spiro atoms. The highest BCUT2D eigenvalue weighted by atomic mass is 127. The van der Waals surface area contributed by atoms with Crippen LogP contribution in [0.2, 0.25) is 0 Å². The second kappa shape index (κ2) is 9.85. The van der Waals surface area contributed by atoms with E-state index in [1.807, 2.05) is 25.0 Å². The topological polar surface area (TPSA) is 66.7 Å². The van der Waals surface area contributed by atoms with E-state index in [1.54, 1.807) is 0 Å². The Hall–Kier alpha value is -1.03. The summed E-state index contributed by atoms with van der Waals surface area (Å²) in [5.41, 5.74) is 1.53. The van der Waals surface area contributed by atoms with Gasteiger partial charge in [0.05, 0.1) is 18.0 Å². The molecule has 1 aliphatic heterocycles. The fourth-order valence-electron chi connectivity index (χ4n) is 5.52. The molecule has 4 rings (SSSR count). The summed E-state index contributed by atoms with van der Waals surface area (Å²) in [5.74, 6) is 0.948. The average molecular weight is 516 g/mol. The van der Waals surface area contributed by atoms with Gasteiger partial charge in [-0.2, -0.15) is 5.10 Å². The smallest absolute Gasteiger partial charge is 0.191 e. The summed E-state index contributed by atoms with van der Waals surface area (Å²) in [6.07, 6.45) is 13.2. The Morgan fingerprint density at radius 2 is 2.10 bits per heavy atom. The van der Waals surface area contributed by atoms with E-state index >= 15 is 0 Å². The molecule has 3 atom stereocenters. The molecule has 1 aromatic heterocycles. The van der Waals surface area contributed by atoms with Crippen molar-refractivity contribution in [1.82, 2.24) is 20.4 Å². The summed E-state index contributed by atoms with van der Waals surface area (Å²) in [6.45, 7) is 5.01. The maximum absolute atomic E-state index is 6.06. The van der Waals surface area contributed by atoms with Gasteiger partial charge in [-0.05, 0) is 39.0 Å². The number of aliphatic imine (C=N–C) groups is 1. The SMILES string of the molecule is CCOC1CC(NC(=NC)NC2CCCN(c3cnn(C)c3)C2)C12CCCC2.I. The molecule has 0 radical (unpaired) electrons. The van der Waals surface area contributed by atoms with Crippen molar-refractivity contribution in [2.75, 3.05) is 31.6 Å². The Labute approximate surface area is 192 Å². The first-order chi connectivity index (χ1) is 13.6. The van der Waals surface area contributed by atoms with Gasteiger partial charge in [0.1, 0.15) is 0 Å². The zero-order valence-corrected chi connectivity index (χ0v) is 20.4. The maximum Gasteiger partial charge on any atom is 0.191 e. The molecule has 3 fully saturated rings. The summed E-state index contributed by atoms with van der Waals surface area (Å²) < 4.78 is 7.94. The van der Waals surface area contributed by atoms with Gasteiger partial charge in [-0.25, -0.2) is 0 Å². The first-order valence-corrected chi connectivity index (χ1v) is 11.0. The van der Waals surface area contributed by atoms with Crippen molar-refractivity contribution in [1.29, 1.82) is 0 Å². The van der Waals surface area contributed by atoms with Crippen LogP contribution in [-0.2, 0) is 11.8 Å². The molecule has 1 aromatic rings. The molecule has 29 heavy (non-hydrogen) atoms. The fraction of sp³-hybridized carbons (Fsp3) is 0.810. The minimum atomic E-state index is 0. The lowest BCUT2D eigenvalue weighted by Crippen LogP contribution is -2.66. The van der Waals surface area contributed by atoms with Gasteiger partial charge in [-0.1, -0.05) is 12.8 Å². The van der Waals surface area contributed by atoms with Crippen molar-refractivity contribution >= 4 is 35.6 Å². The lowest BCUT2D eigenvalue weighted by atomic mass is 9.60. The van der Waals surface area contributed by atoms with Crippen molar-refractivity contribution in [3.63, 3.8) is 0 Å². The van der Waals surface area contributed by atoms with E-state index in [9.17, 15) is 0 Å². The highest BCUT2D eigenvalue weighted by Crippen LogP contribution is 2.54. The third-order valence-corrected chi connectivity index (χ3v) is 7.04. The number of hydrogen-bond acceptors (Lipinski definition) is 4. The summed E-state index contributed by atoms with van der Waals surface area (Å²) in [6, 6.07) is 0.887. The Balaban J connectivity index is 0.00000240. The standard InChI is InChI=1S/C21H36N6O.HI/c1-4-28-19-12-18(21(19)9-5-6-10-21)25-20(22-2)24-16-8-7-11-27(14-16)17-13-23-26(3)15-17;/h13,15-16,18-19H,4-12,14H2,1-3H3,(H2,22,24,25);1H. The Morgan fingerprint density at radius 3 is 2.76 bits per heavy atom. The zero-order valence-electron chi connectivity index (χ0n) is 18.1. The number of nitrogens with one attached hydrogen (secondary N) is 2. The van der Waals surface area contributed by atoms with Gasteiger partial charge in [0.15, 0.2) is 5.96 Å². The highest BCUT2D eigenvalue weighted by molar-refractivity contribution is 14.0. The van der Waals surface area contributed by atoms with Gasteiger partial charge in [-0.15, -0.1) is 24.0 Å². The summed E-state index contributed by atoms with van der Waals surface area (Å²) >= 11 is 0. The molecule has 164 valence electrons. The molecule has 2 aliphatic carbocycles. The van der Waals surface area contributed by atoms with Crippen LogP contribution < -0.4 is 15.5 Å². The lowest BCUT2D eigenvalue weighted by Gasteiger charge is -2.54. The van der Waals surface area contributed by atoms with Crippen LogP contribution in [-0.4, -0.2) is 60.7 Å². The molecule has 1 saturated heterocycles. The number of piperidine rings is 1. The molecule has 2 heterocycles. The molecule has 3 unspecified atom stereocenters. The molecule has 2 N–H and O–H groups in total. The molecule has 0 amide bonds. The molecule has 0 bridgehead atoms. The van der Waals surface area contributed by atoms with Crippen LogP contribution in [0.1, 0.15) is 51.9 Å². The second-order valence-corrected chi connectivity index (χ2v) is 8.69. The Morgan fingerprint density at radius 1 is 1.31 bits per heavy atom. The van der Waals surface area contributed by atoms with Crippen molar-refractivity contribution in [3.8, 4) is 0 Å². The molecule has 0 aromatic carbocycles. The third kappa shape index (κ3) is 4.68. The summed E-state index contributed by atoms with van der Waals surface area (Å²) in [7, 11) is 3.86. The molecule has 7 nitrogen and oxygen atoms in total. The number of nitrogens with zero attached hydrogens (tertiary/aromatic N) is 4. The quantitative estimate of drug-likeness (QED) is 0.358. The Bertz CT molecular complexity index is 686. The highest BCUT2D eigenvalue weighted by Gasteiger charge is 2.57. The van der Waals surface area contributed by atoms with E-state index in [2.05, 4.69) is 38.7 Å². The summed E-state index contributed by atoms with van der Waals surface area (Å²) in [5, 5.41) is 11.8. The zero-order chi connectivity index (χ0) is 19.6. The predicted molar refractivity (Wildman–Crippen MR) is 128 cm³/mol. The Kier molecular flexibility index (Phi) is 7.69. The number of anilines is 1. The van der Waals surface area contributed by atoms with E-state index < -0.39 is 0 Å². The first kappa shape index (κ1) is 22.7.